The molecule has 0 bridgehead atoms. The minimum Gasteiger partial charge on any atom is -0.371 e. The quantitative estimate of drug-likeness (QED) is 0.612. The zero-order chi connectivity index (χ0) is 20.6. The second-order valence-electron chi connectivity index (χ2n) is 7.56. The summed E-state index contributed by atoms with van der Waals surface area (Å²) in [5, 5.41) is 5.87. The zero-order valence-corrected chi connectivity index (χ0v) is 18.4. The maximum Gasteiger partial charge on any atom is 0.226 e. The molecule has 0 saturated carbocycles. The molecule has 1 fully saturated rings. The number of amides is 2. The fraction of sp³-hybridized carbons (Fsp3) is 0.391. The SMILES string of the molecule is CC(CC(=O)Nc1cccc(N2CCCC2)c1)NC(=O)CCc1ccccc1Br. The Morgan fingerprint density at radius 1 is 1.07 bits per heavy atom. The lowest BCUT2D eigenvalue weighted by molar-refractivity contribution is -0.122. The first-order chi connectivity index (χ1) is 14.0. The molecule has 3 rings (SSSR count). The molecular weight excluding hydrogens is 430 g/mol. The molecule has 2 aromatic carbocycles. The van der Waals surface area contributed by atoms with E-state index in [9.17, 15) is 9.59 Å². The number of carbonyl (C=O) groups is 2. The summed E-state index contributed by atoms with van der Waals surface area (Å²) in [5.41, 5.74) is 3.05. The molecule has 29 heavy (non-hydrogen) atoms. The van der Waals surface area contributed by atoms with Crippen molar-refractivity contribution in [3.63, 3.8) is 0 Å². The van der Waals surface area contributed by atoms with Crippen LogP contribution in [0.15, 0.2) is 53.0 Å². The van der Waals surface area contributed by atoms with Gasteiger partial charge in [-0.3, -0.25) is 9.59 Å². The molecule has 2 amide bonds. The van der Waals surface area contributed by atoms with Gasteiger partial charge in [-0.15, -0.1) is 0 Å². The number of nitrogens with one attached hydrogen (secondary N) is 2. The van der Waals surface area contributed by atoms with Gasteiger partial charge in [-0.05, 0) is 56.0 Å². The molecule has 5 nitrogen and oxygen atoms in total. The molecule has 1 saturated heterocycles. The van der Waals surface area contributed by atoms with Crippen molar-refractivity contribution in [3.05, 3.63) is 58.6 Å². The number of halogens is 1. The third-order valence-corrected chi connectivity index (χ3v) is 5.85. The van der Waals surface area contributed by atoms with Crippen LogP contribution in [0.2, 0.25) is 0 Å². The highest BCUT2D eigenvalue weighted by atomic mass is 79.9. The highest BCUT2D eigenvalue weighted by molar-refractivity contribution is 9.10. The van der Waals surface area contributed by atoms with E-state index in [-0.39, 0.29) is 24.3 Å². The van der Waals surface area contributed by atoms with Gasteiger partial charge in [0.2, 0.25) is 11.8 Å². The van der Waals surface area contributed by atoms with Gasteiger partial charge in [0, 0.05) is 47.8 Å². The van der Waals surface area contributed by atoms with Crippen LogP contribution in [0.3, 0.4) is 0 Å². The zero-order valence-electron chi connectivity index (χ0n) is 16.8. The van der Waals surface area contributed by atoms with Gasteiger partial charge < -0.3 is 15.5 Å². The normalized spacial score (nSPS) is 14.5. The molecule has 154 valence electrons. The smallest absolute Gasteiger partial charge is 0.226 e. The summed E-state index contributed by atoms with van der Waals surface area (Å²) in [6.07, 6.45) is 3.74. The highest BCUT2D eigenvalue weighted by Gasteiger charge is 2.15. The number of rotatable bonds is 8. The van der Waals surface area contributed by atoms with Crippen molar-refractivity contribution in [3.8, 4) is 0 Å². The summed E-state index contributed by atoms with van der Waals surface area (Å²) >= 11 is 3.50. The van der Waals surface area contributed by atoms with E-state index in [4.69, 9.17) is 0 Å². The summed E-state index contributed by atoms with van der Waals surface area (Å²) < 4.78 is 1.01. The van der Waals surface area contributed by atoms with Gasteiger partial charge in [-0.25, -0.2) is 0 Å². The second-order valence-corrected chi connectivity index (χ2v) is 8.41. The number of aryl methyl sites for hydroxylation is 1. The lowest BCUT2D eigenvalue weighted by atomic mass is 10.1. The highest BCUT2D eigenvalue weighted by Crippen LogP contribution is 2.23. The van der Waals surface area contributed by atoms with Crippen molar-refractivity contribution in [2.75, 3.05) is 23.3 Å². The van der Waals surface area contributed by atoms with E-state index in [1.54, 1.807) is 0 Å². The molecule has 2 N–H and O–H groups in total. The van der Waals surface area contributed by atoms with Crippen LogP contribution in [0, 0.1) is 0 Å². The molecular formula is C23H28BrN3O2. The molecule has 1 aliphatic heterocycles. The lowest BCUT2D eigenvalue weighted by Crippen LogP contribution is -2.35. The number of hydrogen-bond acceptors (Lipinski definition) is 3. The van der Waals surface area contributed by atoms with Crippen molar-refractivity contribution >= 4 is 39.1 Å². The molecule has 1 atom stereocenters. The Balaban J connectivity index is 1.43. The van der Waals surface area contributed by atoms with E-state index in [2.05, 4.69) is 37.5 Å². The van der Waals surface area contributed by atoms with E-state index in [1.165, 1.54) is 12.8 Å². The maximum absolute atomic E-state index is 12.4. The van der Waals surface area contributed by atoms with Gasteiger partial charge in [0.1, 0.15) is 0 Å². The van der Waals surface area contributed by atoms with E-state index in [1.807, 2.05) is 49.4 Å². The van der Waals surface area contributed by atoms with Crippen LogP contribution in [0.5, 0.6) is 0 Å². The van der Waals surface area contributed by atoms with Gasteiger partial charge in [0.05, 0.1) is 0 Å². The van der Waals surface area contributed by atoms with Crippen molar-refractivity contribution in [1.82, 2.24) is 5.32 Å². The third kappa shape index (κ3) is 6.60. The summed E-state index contributed by atoms with van der Waals surface area (Å²) in [6, 6.07) is 15.6. The number of nitrogens with zero attached hydrogens (tertiary/aromatic N) is 1. The molecule has 6 heteroatoms. The average molecular weight is 458 g/mol. The summed E-state index contributed by atoms with van der Waals surface area (Å²) in [6.45, 7) is 4.00. The molecule has 1 unspecified atom stereocenters. The Morgan fingerprint density at radius 2 is 1.83 bits per heavy atom. The van der Waals surface area contributed by atoms with Crippen LogP contribution in [0.4, 0.5) is 11.4 Å². The molecule has 1 heterocycles. The molecule has 0 spiro atoms. The van der Waals surface area contributed by atoms with E-state index in [0.29, 0.717) is 12.8 Å². The van der Waals surface area contributed by atoms with E-state index >= 15 is 0 Å². The fourth-order valence-corrected chi connectivity index (χ4v) is 4.08. The summed E-state index contributed by atoms with van der Waals surface area (Å²) in [7, 11) is 0. The number of hydrogen-bond donors (Lipinski definition) is 2. The first-order valence-electron chi connectivity index (χ1n) is 10.2. The van der Waals surface area contributed by atoms with Crippen molar-refractivity contribution < 1.29 is 9.59 Å². The summed E-state index contributed by atoms with van der Waals surface area (Å²) in [4.78, 5) is 26.9. The maximum atomic E-state index is 12.4. The average Bonchev–Trinajstić information content (AvgIpc) is 3.22. The third-order valence-electron chi connectivity index (χ3n) is 5.08. The summed E-state index contributed by atoms with van der Waals surface area (Å²) in [5.74, 6) is -0.140. The largest absolute Gasteiger partial charge is 0.371 e. The van der Waals surface area contributed by atoms with Crippen LogP contribution in [0.25, 0.3) is 0 Å². The lowest BCUT2D eigenvalue weighted by Gasteiger charge is -2.19. The Labute approximate surface area is 181 Å². The van der Waals surface area contributed by atoms with Gasteiger partial charge in [-0.2, -0.15) is 0 Å². The van der Waals surface area contributed by atoms with Crippen LogP contribution >= 0.6 is 15.9 Å². The fourth-order valence-electron chi connectivity index (χ4n) is 3.59. The Hall–Kier alpha value is -2.34. The van der Waals surface area contributed by atoms with Crippen molar-refractivity contribution in [1.29, 1.82) is 0 Å². The molecule has 2 aromatic rings. The van der Waals surface area contributed by atoms with Crippen LogP contribution < -0.4 is 15.5 Å². The van der Waals surface area contributed by atoms with Crippen LogP contribution in [0.1, 0.15) is 38.2 Å². The van der Waals surface area contributed by atoms with Gasteiger partial charge in [0.25, 0.3) is 0 Å². The first kappa shape index (κ1) is 21.4. The predicted octanol–water partition coefficient (Wildman–Crippen LogP) is 4.52. The number of anilines is 2. The Kier molecular flexibility index (Phi) is 7.69. The van der Waals surface area contributed by atoms with Crippen LogP contribution in [-0.2, 0) is 16.0 Å². The first-order valence-corrected chi connectivity index (χ1v) is 11.0. The Bertz CT molecular complexity index is 850. The van der Waals surface area contributed by atoms with E-state index in [0.717, 1.165) is 34.5 Å². The standard InChI is InChI=1S/C23H28BrN3O2/c1-17(25-22(28)12-11-18-7-2-3-10-21(18)24)15-23(29)26-19-8-6-9-20(16-19)27-13-4-5-14-27/h2-3,6-10,16-17H,4-5,11-15H2,1H3,(H,25,28)(H,26,29). The molecule has 0 aromatic heterocycles. The van der Waals surface area contributed by atoms with Crippen molar-refractivity contribution in [2.24, 2.45) is 0 Å². The van der Waals surface area contributed by atoms with Crippen molar-refractivity contribution in [2.45, 2.75) is 45.1 Å². The Morgan fingerprint density at radius 3 is 2.59 bits per heavy atom. The molecule has 0 aliphatic carbocycles. The topological polar surface area (TPSA) is 61.4 Å². The molecule has 0 radical (unpaired) electrons. The minimum absolute atomic E-state index is 0.0444. The minimum atomic E-state index is -0.219. The molecule has 1 aliphatic rings. The second kappa shape index (κ2) is 10.4. The number of benzene rings is 2. The van der Waals surface area contributed by atoms with Crippen LogP contribution in [-0.4, -0.2) is 30.9 Å². The van der Waals surface area contributed by atoms with Gasteiger partial charge in [-0.1, -0.05) is 40.2 Å². The van der Waals surface area contributed by atoms with E-state index < -0.39 is 0 Å². The van der Waals surface area contributed by atoms with Gasteiger partial charge in [0.15, 0.2) is 0 Å². The van der Waals surface area contributed by atoms with Gasteiger partial charge >= 0.3 is 0 Å². The number of carbonyl (C=O) groups excluding carboxylic acids is 2. The monoisotopic (exact) mass is 457 g/mol. The predicted molar refractivity (Wildman–Crippen MR) is 121 cm³/mol.